The average Bonchev–Trinajstić information content (AvgIpc) is 2.74. The van der Waals surface area contributed by atoms with Crippen LogP contribution in [0.3, 0.4) is 0 Å². The van der Waals surface area contributed by atoms with E-state index in [4.69, 9.17) is 4.74 Å². The molecule has 29 heavy (non-hydrogen) atoms. The van der Waals surface area contributed by atoms with E-state index in [1.807, 2.05) is 69.3 Å². The number of carbonyl (C=O) groups is 1. The van der Waals surface area contributed by atoms with Gasteiger partial charge in [0.05, 0.1) is 6.04 Å². The topological polar surface area (TPSA) is 38.3 Å². The second kappa shape index (κ2) is 9.42. The van der Waals surface area contributed by atoms with Crippen molar-refractivity contribution in [2.45, 2.75) is 46.3 Å². The molecule has 0 saturated carbocycles. The SMILES string of the molecule is CC[C@H](Oc1cccc(C)c1C)C(=O)N[C@H](c1ccccc1)c1ccc(C)cc1. The van der Waals surface area contributed by atoms with Gasteiger partial charge in [-0.1, -0.05) is 79.2 Å². The monoisotopic (exact) mass is 387 g/mol. The fraction of sp³-hybridized carbons (Fsp3) is 0.269. The van der Waals surface area contributed by atoms with E-state index in [0.717, 1.165) is 28.0 Å². The van der Waals surface area contributed by atoms with Crippen LogP contribution in [0.5, 0.6) is 5.75 Å². The number of nitrogens with one attached hydrogen (secondary N) is 1. The highest BCUT2D eigenvalue weighted by Crippen LogP contribution is 2.25. The summed E-state index contributed by atoms with van der Waals surface area (Å²) in [5.41, 5.74) is 5.51. The first-order chi connectivity index (χ1) is 14.0. The largest absolute Gasteiger partial charge is 0.480 e. The van der Waals surface area contributed by atoms with Crippen LogP contribution in [0.1, 0.15) is 47.2 Å². The maximum absolute atomic E-state index is 13.2. The molecule has 0 unspecified atom stereocenters. The van der Waals surface area contributed by atoms with E-state index in [0.29, 0.717) is 6.42 Å². The van der Waals surface area contributed by atoms with Crippen molar-refractivity contribution in [3.8, 4) is 5.75 Å². The molecule has 3 aromatic carbocycles. The molecule has 3 aromatic rings. The zero-order chi connectivity index (χ0) is 20.8. The van der Waals surface area contributed by atoms with Gasteiger partial charge in [0.15, 0.2) is 6.10 Å². The van der Waals surface area contributed by atoms with E-state index >= 15 is 0 Å². The molecule has 0 aliphatic rings. The van der Waals surface area contributed by atoms with Gasteiger partial charge in [-0.3, -0.25) is 4.79 Å². The predicted molar refractivity (Wildman–Crippen MR) is 118 cm³/mol. The highest BCUT2D eigenvalue weighted by atomic mass is 16.5. The highest BCUT2D eigenvalue weighted by Gasteiger charge is 2.24. The third-order valence-electron chi connectivity index (χ3n) is 5.32. The quantitative estimate of drug-likeness (QED) is 0.567. The summed E-state index contributed by atoms with van der Waals surface area (Å²) < 4.78 is 6.12. The molecule has 0 fully saturated rings. The van der Waals surface area contributed by atoms with Gasteiger partial charge in [-0.15, -0.1) is 0 Å². The van der Waals surface area contributed by atoms with E-state index < -0.39 is 6.10 Å². The third kappa shape index (κ3) is 5.05. The van der Waals surface area contributed by atoms with Gasteiger partial charge in [-0.2, -0.15) is 0 Å². The minimum Gasteiger partial charge on any atom is -0.480 e. The molecule has 0 aliphatic carbocycles. The van der Waals surface area contributed by atoms with E-state index in [9.17, 15) is 4.79 Å². The number of hydrogen-bond donors (Lipinski definition) is 1. The second-order valence-corrected chi connectivity index (χ2v) is 7.48. The fourth-order valence-corrected chi connectivity index (χ4v) is 3.33. The number of ether oxygens (including phenoxy) is 1. The van der Waals surface area contributed by atoms with Crippen LogP contribution in [-0.2, 0) is 4.79 Å². The number of rotatable bonds is 7. The lowest BCUT2D eigenvalue weighted by Gasteiger charge is -2.24. The van der Waals surface area contributed by atoms with Crippen LogP contribution in [0, 0.1) is 20.8 Å². The number of aryl methyl sites for hydroxylation is 2. The standard InChI is InChI=1S/C26H29NO2/c1-5-23(29-24-13-9-10-19(3)20(24)4)26(28)27-25(21-11-7-6-8-12-21)22-16-14-18(2)15-17-22/h6-17,23,25H,5H2,1-4H3,(H,27,28)/t23-,25+/m0/s1. The molecule has 0 heterocycles. The Morgan fingerprint density at radius 2 is 1.52 bits per heavy atom. The Kier molecular flexibility index (Phi) is 6.71. The summed E-state index contributed by atoms with van der Waals surface area (Å²) >= 11 is 0. The molecule has 0 spiro atoms. The Hall–Kier alpha value is -3.07. The maximum atomic E-state index is 13.2. The van der Waals surface area contributed by atoms with Crippen LogP contribution in [0.4, 0.5) is 0 Å². The first-order valence-electron chi connectivity index (χ1n) is 10.1. The van der Waals surface area contributed by atoms with Crippen LogP contribution in [0.15, 0.2) is 72.8 Å². The smallest absolute Gasteiger partial charge is 0.261 e. The fourth-order valence-electron chi connectivity index (χ4n) is 3.33. The molecule has 150 valence electrons. The Morgan fingerprint density at radius 1 is 0.862 bits per heavy atom. The molecule has 0 aliphatic heterocycles. The Balaban J connectivity index is 1.84. The van der Waals surface area contributed by atoms with E-state index in [1.54, 1.807) is 0 Å². The van der Waals surface area contributed by atoms with Crippen molar-refractivity contribution in [1.82, 2.24) is 5.32 Å². The molecule has 1 amide bonds. The average molecular weight is 388 g/mol. The van der Waals surface area contributed by atoms with Crippen molar-refractivity contribution in [3.63, 3.8) is 0 Å². The van der Waals surface area contributed by atoms with E-state index in [2.05, 4.69) is 36.5 Å². The Bertz CT molecular complexity index is 948. The number of carbonyl (C=O) groups excluding carboxylic acids is 1. The van der Waals surface area contributed by atoms with Crippen molar-refractivity contribution >= 4 is 5.91 Å². The van der Waals surface area contributed by atoms with Gasteiger partial charge in [0.25, 0.3) is 5.91 Å². The molecule has 3 heteroatoms. The summed E-state index contributed by atoms with van der Waals surface area (Å²) in [6.45, 7) is 8.10. The zero-order valence-corrected chi connectivity index (χ0v) is 17.6. The summed E-state index contributed by atoms with van der Waals surface area (Å²) in [6, 6.07) is 24.0. The molecule has 0 saturated heterocycles. The number of amides is 1. The van der Waals surface area contributed by atoms with Gasteiger partial charge in [-0.25, -0.2) is 0 Å². The van der Waals surface area contributed by atoms with Crippen LogP contribution in [0.25, 0.3) is 0 Å². The molecule has 0 radical (unpaired) electrons. The van der Waals surface area contributed by atoms with Crippen LogP contribution in [0.2, 0.25) is 0 Å². The summed E-state index contributed by atoms with van der Waals surface area (Å²) in [5.74, 6) is 0.654. The van der Waals surface area contributed by atoms with Crippen LogP contribution < -0.4 is 10.1 Å². The molecule has 2 atom stereocenters. The predicted octanol–water partition coefficient (Wildman–Crippen LogP) is 5.68. The molecule has 0 aromatic heterocycles. The number of hydrogen-bond acceptors (Lipinski definition) is 2. The Labute approximate surface area is 173 Å². The summed E-state index contributed by atoms with van der Waals surface area (Å²) in [5, 5.41) is 3.21. The molecular formula is C26H29NO2. The first-order valence-corrected chi connectivity index (χ1v) is 10.1. The van der Waals surface area contributed by atoms with Gasteiger partial charge in [0, 0.05) is 0 Å². The van der Waals surface area contributed by atoms with Gasteiger partial charge >= 0.3 is 0 Å². The minimum atomic E-state index is -0.549. The van der Waals surface area contributed by atoms with Gasteiger partial charge in [0.2, 0.25) is 0 Å². The second-order valence-electron chi connectivity index (χ2n) is 7.48. The van der Waals surface area contributed by atoms with Crippen LogP contribution >= 0.6 is 0 Å². The summed E-state index contributed by atoms with van der Waals surface area (Å²) in [6.07, 6.45) is 0.0430. The van der Waals surface area contributed by atoms with Crippen molar-refractivity contribution in [3.05, 3.63) is 101 Å². The van der Waals surface area contributed by atoms with Crippen LogP contribution in [-0.4, -0.2) is 12.0 Å². The lowest BCUT2D eigenvalue weighted by Crippen LogP contribution is -2.40. The van der Waals surface area contributed by atoms with Gasteiger partial charge < -0.3 is 10.1 Å². The third-order valence-corrected chi connectivity index (χ3v) is 5.32. The molecule has 1 N–H and O–H groups in total. The number of benzene rings is 3. The van der Waals surface area contributed by atoms with E-state index in [1.165, 1.54) is 5.56 Å². The highest BCUT2D eigenvalue weighted by molar-refractivity contribution is 5.82. The van der Waals surface area contributed by atoms with Gasteiger partial charge in [-0.05, 0) is 55.5 Å². The first kappa shape index (κ1) is 20.7. The Morgan fingerprint density at radius 3 is 2.17 bits per heavy atom. The minimum absolute atomic E-state index is 0.108. The van der Waals surface area contributed by atoms with Crippen molar-refractivity contribution in [2.75, 3.05) is 0 Å². The summed E-state index contributed by atoms with van der Waals surface area (Å²) in [4.78, 5) is 13.2. The normalized spacial score (nSPS) is 12.8. The molecule has 0 bridgehead atoms. The van der Waals surface area contributed by atoms with Gasteiger partial charge in [0.1, 0.15) is 5.75 Å². The van der Waals surface area contributed by atoms with E-state index in [-0.39, 0.29) is 11.9 Å². The molecule has 3 nitrogen and oxygen atoms in total. The molecule has 3 rings (SSSR count). The zero-order valence-electron chi connectivity index (χ0n) is 17.6. The lowest BCUT2D eigenvalue weighted by molar-refractivity contribution is -0.128. The summed E-state index contributed by atoms with van der Waals surface area (Å²) in [7, 11) is 0. The maximum Gasteiger partial charge on any atom is 0.261 e. The van der Waals surface area contributed by atoms with Crippen molar-refractivity contribution < 1.29 is 9.53 Å². The van der Waals surface area contributed by atoms with Crippen molar-refractivity contribution in [1.29, 1.82) is 0 Å². The van der Waals surface area contributed by atoms with Crippen molar-refractivity contribution in [2.24, 2.45) is 0 Å². The lowest BCUT2D eigenvalue weighted by atomic mass is 9.97. The molecular weight excluding hydrogens is 358 g/mol.